The minimum Gasteiger partial charge on any atom is -0.457 e. The van der Waals surface area contributed by atoms with Gasteiger partial charge in [-0.15, -0.1) is 0 Å². The quantitative estimate of drug-likeness (QED) is 0.303. The Bertz CT molecular complexity index is 860. The lowest BCUT2D eigenvalue weighted by Crippen LogP contribution is -2.45. The van der Waals surface area contributed by atoms with Crippen molar-refractivity contribution in [2.45, 2.75) is 18.8 Å². The smallest absolute Gasteiger partial charge is 0.216 e. The normalized spacial score (nSPS) is 21.8. The molecule has 0 saturated carbocycles. The Hall–Kier alpha value is -2.09. The summed E-state index contributed by atoms with van der Waals surface area (Å²) < 4.78 is 17.9. The van der Waals surface area contributed by atoms with Gasteiger partial charge in [-0.25, -0.2) is 10.8 Å². The van der Waals surface area contributed by atoms with Crippen molar-refractivity contribution in [3.05, 3.63) is 70.9 Å². The minimum atomic E-state index is -1.11. The summed E-state index contributed by atoms with van der Waals surface area (Å²) in [4.78, 5) is 3.91. The average Bonchev–Trinajstić information content (AvgIpc) is 3.03. The predicted molar refractivity (Wildman–Crippen MR) is 111 cm³/mol. The van der Waals surface area contributed by atoms with Gasteiger partial charge in [-0.05, 0) is 49.4 Å². The van der Waals surface area contributed by atoms with E-state index in [2.05, 4.69) is 11.6 Å². The van der Waals surface area contributed by atoms with Crippen LogP contribution < -0.4 is 10.6 Å². The van der Waals surface area contributed by atoms with E-state index in [-0.39, 0.29) is 12.6 Å². The van der Waals surface area contributed by atoms with Crippen LogP contribution in [0, 0.1) is 0 Å². The number of nitrogens with zero attached hydrogens (tertiary/aromatic N) is 2. The van der Waals surface area contributed by atoms with E-state index in [0.29, 0.717) is 33.7 Å². The molecular formula is C20H21Cl2N3O3. The maximum atomic E-state index is 6.56. The monoisotopic (exact) mass is 421 g/mol. The fraction of sp³-hybridized carbons (Fsp3) is 0.250. The summed E-state index contributed by atoms with van der Waals surface area (Å²) in [5.74, 6) is 6.12. The second-order valence-corrected chi connectivity index (χ2v) is 7.15. The molecule has 3 rings (SSSR count). The van der Waals surface area contributed by atoms with Gasteiger partial charge >= 0.3 is 0 Å². The second-order valence-electron chi connectivity index (χ2n) is 6.31. The number of nitrogens with two attached hydrogens (primary N) is 1. The zero-order valence-corrected chi connectivity index (χ0v) is 16.9. The van der Waals surface area contributed by atoms with Crippen molar-refractivity contribution >= 4 is 29.5 Å². The number of hydrogen-bond acceptors (Lipinski definition) is 5. The first-order chi connectivity index (χ1) is 13.4. The van der Waals surface area contributed by atoms with Gasteiger partial charge in [0.1, 0.15) is 17.8 Å². The van der Waals surface area contributed by atoms with Gasteiger partial charge in [0.2, 0.25) is 5.79 Å². The number of aliphatic imine (C=N–C) groups is 1. The SMILES string of the molecule is C=C/N=C\N(N)CC1(c2ccc(Oc3ccc(Cl)cc3)cc2Cl)OCC(C)O1. The summed E-state index contributed by atoms with van der Waals surface area (Å²) >= 11 is 12.5. The number of benzene rings is 2. The molecule has 1 saturated heterocycles. The zero-order valence-electron chi connectivity index (χ0n) is 15.3. The van der Waals surface area contributed by atoms with Gasteiger partial charge in [0.15, 0.2) is 0 Å². The van der Waals surface area contributed by atoms with Crippen LogP contribution in [-0.2, 0) is 15.3 Å². The highest BCUT2D eigenvalue weighted by Gasteiger charge is 2.44. The standard InChI is InChI=1S/C20H21Cl2N3O3/c1-3-24-13-25(23)12-20(26-11-14(2)28-20)18-9-8-17(10-19(18)22)27-16-6-4-15(21)5-7-16/h3-10,13-14H,1,11-12,23H2,2H3/b24-13-. The Morgan fingerprint density at radius 3 is 2.61 bits per heavy atom. The third kappa shape index (κ3) is 4.84. The van der Waals surface area contributed by atoms with Gasteiger partial charge in [-0.2, -0.15) is 0 Å². The maximum absolute atomic E-state index is 6.56. The van der Waals surface area contributed by atoms with Crippen LogP contribution in [0.4, 0.5) is 0 Å². The van der Waals surface area contributed by atoms with E-state index in [0.717, 1.165) is 0 Å². The topological polar surface area (TPSA) is 69.3 Å². The lowest BCUT2D eigenvalue weighted by atomic mass is 10.0. The summed E-state index contributed by atoms with van der Waals surface area (Å²) in [7, 11) is 0. The number of hydrogen-bond donors (Lipinski definition) is 1. The summed E-state index contributed by atoms with van der Waals surface area (Å²) in [5, 5.41) is 2.45. The lowest BCUT2D eigenvalue weighted by Gasteiger charge is -2.32. The Labute approximate surface area is 174 Å². The van der Waals surface area contributed by atoms with Crippen molar-refractivity contribution in [3.63, 3.8) is 0 Å². The van der Waals surface area contributed by atoms with E-state index in [4.69, 9.17) is 43.3 Å². The largest absolute Gasteiger partial charge is 0.457 e. The first-order valence-electron chi connectivity index (χ1n) is 8.62. The van der Waals surface area contributed by atoms with Gasteiger partial charge in [0, 0.05) is 16.8 Å². The molecule has 0 aliphatic carbocycles. The van der Waals surface area contributed by atoms with Crippen molar-refractivity contribution in [3.8, 4) is 11.5 Å². The number of rotatable bonds is 7. The summed E-state index contributed by atoms with van der Waals surface area (Å²) in [5.41, 5.74) is 0.657. The van der Waals surface area contributed by atoms with Crippen LogP contribution in [0.25, 0.3) is 0 Å². The van der Waals surface area contributed by atoms with Crippen LogP contribution in [0.5, 0.6) is 11.5 Å². The first kappa shape index (κ1) is 20.6. The summed E-state index contributed by atoms with van der Waals surface area (Å²) in [6.45, 7) is 6.08. The molecule has 1 aliphatic rings. The Morgan fingerprint density at radius 2 is 2.00 bits per heavy atom. The van der Waals surface area contributed by atoms with E-state index < -0.39 is 5.79 Å². The van der Waals surface area contributed by atoms with E-state index in [9.17, 15) is 0 Å². The van der Waals surface area contributed by atoms with Crippen molar-refractivity contribution in [1.82, 2.24) is 5.01 Å². The summed E-state index contributed by atoms with van der Waals surface area (Å²) in [6.07, 6.45) is 2.73. The highest BCUT2D eigenvalue weighted by molar-refractivity contribution is 6.31. The number of hydrazine groups is 1. The van der Waals surface area contributed by atoms with E-state index in [1.54, 1.807) is 36.4 Å². The molecular weight excluding hydrogens is 401 g/mol. The maximum Gasteiger partial charge on any atom is 0.216 e. The van der Waals surface area contributed by atoms with E-state index >= 15 is 0 Å². The van der Waals surface area contributed by atoms with Gasteiger partial charge in [-0.3, -0.25) is 5.01 Å². The molecule has 0 aromatic heterocycles. The molecule has 0 amide bonds. The zero-order chi connectivity index (χ0) is 20.1. The van der Waals surface area contributed by atoms with Crippen LogP contribution in [0.1, 0.15) is 12.5 Å². The Kier molecular flexibility index (Phi) is 6.59. The number of halogens is 2. The molecule has 2 unspecified atom stereocenters. The van der Waals surface area contributed by atoms with E-state index in [1.165, 1.54) is 17.5 Å². The molecule has 6 nitrogen and oxygen atoms in total. The molecule has 28 heavy (non-hydrogen) atoms. The van der Waals surface area contributed by atoms with Crippen LogP contribution in [0.2, 0.25) is 10.0 Å². The molecule has 2 aromatic rings. The van der Waals surface area contributed by atoms with E-state index in [1.807, 2.05) is 13.0 Å². The fourth-order valence-electron chi connectivity index (χ4n) is 2.88. The molecule has 0 radical (unpaired) electrons. The van der Waals surface area contributed by atoms with Gasteiger partial charge < -0.3 is 14.2 Å². The van der Waals surface area contributed by atoms with Gasteiger partial charge in [0.05, 0.1) is 24.3 Å². The van der Waals surface area contributed by atoms with Crippen LogP contribution in [-0.4, -0.2) is 30.6 Å². The molecule has 2 atom stereocenters. The van der Waals surface area contributed by atoms with Crippen LogP contribution in [0.3, 0.4) is 0 Å². The first-order valence-corrected chi connectivity index (χ1v) is 9.38. The molecule has 1 fully saturated rings. The molecule has 2 N–H and O–H groups in total. The third-order valence-electron chi connectivity index (χ3n) is 4.05. The average molecular weight is 422 g/mol. The molecule has 1 aliphatic heterocycles. The van der Waals surface area contributed by atoms with Crippen molar-refractivity contribution < 1.29 is 14.2 Å². The van der Waals surface area contributed by atoms with Crippen LogP contribution >= 0.6 is 23.2 Å². The highest BCUT2D eigenvalue weighted by Crippen LogP contribution is 2.40. The van der Waals surface area contributed by atoms with Crippen LogP contribution in [0.15, 0.2) is 60.2 Å². The lowest BCUT2D eigenvalue weighted by molar-refractivity contribution is -0.181. The molecule has 1 heterocycles. The van der Waals surface area contributed by atoms with Crippen molar-refractivity contribution in [2.75, 3.05) is 13.2 Å². The van der Waals surface area contributed by atoms with Gasteiger partial charge in [-0.1, -0.05) is 29.8 Å². The third-order valence-corrected chi connectivity index (χ3v) is 4.62. The second kappa shape index (κ2) is 8.94. The molecule has 0 bridgehead atoms. The minimum absolute atomic E-state index is 0.106. The Morgan fingerprint density at radius 1 is 1.29 bits per heavy atom. The molecule has 2 aromatic carbocycles. The Balaban J connectivity index is 1.85. The molecule has 148 valence electrons. The number of ether oxygens (including phenoxy) is 3. The fourth-order valence-corrected chi connectivity index (χ4v) is 3.32. The summed E-state index contributed by atoms with van der Waals surface area (Å²) in [6, 6.07) is 12.4. The van der Waals surface area contributed by atoms with Crippen molar-refractivity contribution in [2.24, 2.45) is 10.8 Å². The van der Waals surface area contributed by atoms with Crippen molar-refractivity contribution in [1.29, 1.82) is 0 Å². The molecule has 0 spiro atoms. The predicted octanol–water partition coefficient (Wildman–Crippen LogP) is 4.72. The van der Waals surface area contributed by atoms with Gasteiger partial charge in [0.25, 0.3) is 0 Å². The highest BCUT2D eigenvalue weighted by atomic mass is 35.5. The molecule has 8 heteroatoms.